The quantitative estimate of drug-likeness (QED) is 0.676. The van der Waals surface area contributed by atoms with Crippen LogP contribution in [0.2, 0.25) is 0 Å². The second kappa shape index (κ2) is 5.50. The summed E-state index contributed by atoms with van der Waals surface area (Å²) in [6, 6.07) is -0.313. The topological polar surface area (TPSA) is 55.1 Å². The molecular weight excluding hydrogens is 188 g/mol. The third kappa shape index (κ3) is 3.82. The van der Waals surface area contributed by atoms with E-state index in [0.29, 0.717) is 5.41 Å². The highest BCUT2D eigenvalue weighted by Crippen LogP contribution is 2.48. The van der Waals surface area contributed by atoms with Gasteiger partial charge in [0.05, 0.1) is 6.04 Å². The van der Waals surface area contributed by atoms with E-state index in [-0.39, 0.29) is 11.9 Å². The first-order valence-electron chi connectivity index (χ1n) is 6.17. The van der Waals surface area contributed by atoms with Crippen molar-refractivity contribution in [1.29, 1.82) is 0 Å². The summed E-state index contributed by atoms with van der Waals surface area (Å²) in [7, 11) is 0. The standard InChI is InChI=1S/C12H24N2O/c1-3-5-10(13)11(15)14-9-12(6-4-2)7-8-12/h10H,3-9,13H2,1-2H3,(H,14,15)/t10-/m0/s1. The van der Waals surface area contributed by atoms with Crippen LogP contribution in [0.4, 0.5) is 0 Å². The lowest BCUT2D eigenvalue weighted by Crippen LogP contribution is -2.42. The van der Waals surface area contributed by atoms with Gasteiger partial charge in [-0.3, -0.25) is 4.79 Å². The fraction of sp³-hybridized carbons (Fsp3) is 0.917. The molecule has 1 atom stereocenters. The molecule has 0 aromatic rings. The monoisotopic (exact) mass is 212 g/mol. The van der Waals surface area contributed by atoms with Gasteiger partial charge in [0.15, 0.2) is 0 Å². The predicted octanol–water partition coefficient (Wildman–Crippen LogP) is 1.81. The average Bonchev–Trinajstić information content (AvgIpc) is 2.96. The fourth-order valence-electron chi connectivity index (χ4n) is 2.07. The molecule has 1 aliphatic carbocycles. The molecule has 1 fully saturated rings. The zero-order valence-electron chi connectivity index (χ0n) is 10.0. The van der Waals surface area contributed by atoms with Gasteiger partial charge in [0, 0.05) is 6.54 Å². The third-order valence-corrected chi connectivity index (χ3v) is 3.31. The maximum absolute atomic E-state index is 11.6. The lowest BCUT2D eigenvalue weighted by Gasteiger charge is -2.17. The second-order valence-corrected chi connectivity index (χ2v) is 4.86. The largest absolute Gasteiger partial charge is 0.354 e. The third-order valence-electron chi connectivity index (χ3n) is 3.31. The Morgan fingerprint density at radius 2 is 2.07 bits per heavy atom. The van der Waals surface area contributed by atoms with E-state index in [2.05, 4.69) is 12.2 Å². The van der Waals surface area contributed by atoms with Gasteiger partial charge in [0.1, 0.15) is 0 Å². The van der Waals surface area contributed by atoms with Gasteiger partial charge in [-0.05, 0) is 31.1 Å². The first-order valence-corrected chi connectivity index (χ1v) is 6.17. The molecule has 0 spiro atoms. The summed E-state index contributed by atoms with van der Waals surface area (Å²) in [4.78, 5) is 11.6. The molecule has 1 amide bonds. The molecule has 3 nitrogen and oxygen atoms in total. The molecule has 3 N–H and O–H groups in total. The van der Waals surface area contributed by atoms with E-state index >= 15 is 0 Å². The summed E-state index contributed by atoms with van der Waals surface area (Å²) >= 11 is 0. The predicted molar refractivity (Wildman–Crippen MR) is 62.5 cm³/mol. The smallest absolute Gasteiger partial charge is 0.236 e. The van der Waals surface area contributed by atoms with Crippen molar-refractivity contribution in [1.82, 2.24) is 5.32 Å². The molecule has 0 unspecified atom stereocenters. The molecule has 0 heterocycles. The highest BCUT2D eigenvalue weighted by Gasteiger charge is 2.41. The van der Waals surface area contributed by atoms with Gasteiger partial charge in [-0.15, -0.1) is 0 Å². The Balaban J connectivity index is 2.22. The minimum atomic E-state index is -0.313. The van der Waals surface area contributed by atoms with E-state index in [1.54, 1.807) is 0 Å². The normalized spacial score (nSPS) is 19.7. The number of rotatable bonds is 7. The maximum atomic E-state index is 11.6. The van der Waals surface area contributed by atoms with E-state index in [9.17, 15) is 4.79 Å². The van der Waals surface area contributed by atoms with Crippen molar-refractivity contribution in [2.45, 2.75) is 58.4 Å². The molecule has 0 aromatic carbocycles. The zero-order valence-corrected chi connectivity index (χ0v) is 10.0. The summed E-state index contributed by atoms with van der Waals surface area (Å²) in [5.74, 6) is 0.0271. The van der Waals surface area contributed by atoms with Crippen molar-refractivity contribution in [3.8, 4) is 0 Å². The number of hydrogen-bond donors (Lipinski definition) is 2. The van der Waals surface area contributed by atoms with Crippen molar-refractivity contribution in [2.75, 3.05) is 6.54 Å². The Hall–Kier alpha value is -0.570. The Kier molecular flexibility index (Phi) is 4.58. The Morgan fingerprint density at radius 3 is 2.53 bits per heavy atom. The van der Waals surface area contributed by atoms with Crippen LogP contribution in [0.25, 0.3) is 0 Å². The molecule has 1 rings (SSSR count). The number of hydrogen-bond acceptors (Lipinski definition) is 2. The van der Waals surface area contributed by atoms with Gasteiger partial charge in [0.2, 0.25) is 5.91 Å². The first kappa shape index (κ1) is 12.5. The SMILES string of the molecule is CCC[C@H](N)C(=O)NCC1(CCC)CC1. The van der Waals surface area contributed by atoms with Crippen LogP contribution in [-0.4, -0.2) is 18.5 Å². The molecule has 3 heteroatoms. The highest BCUT2D eigenvalue weighted by atomic mass is 16.2. The van der Waals surface area contributed by atoms with Gasteiger partial charge in [0.25, 0.3) is 0 Å². The summed E-state index contributed by atoms with van der Waals surface area (Å²) in [5, 5.41) is 2.99. The van der Waals surface area contributed by atoms with Crippen molar-refractivity contribution in [3.63, 3.8) is 0 Å². The van der Waals surface area contributed by atoms with Crippen LogP contribution >= 0.6 is 0 Å². The Morgan fingerprint density at radius 1 is 1.40 bits per heavy atom. The molecule has 1 saturated carbocycles. The van der Waals surface area contributed by atoms with Crippen LogP contribution in [0.3, 0.4) is 0 Å². The number of carbonyl (C=O) groups is 1. The lowest BCUT2D eigenvalue weighted by molar-refractivity contribution is -0.122. The van der Waals surface area contributed by atoms with Crippen molar-refractivity contribution in [3.05, 3.63) is 0 Å². The summed E-state index contributed by atoms with van der Waals surface area (Å²) in [6.07, 6.45) is 6.72. The van der Waals surface area contributed by atoms with Crippen molar-refractivity contribution < 1.29 is 4.79 Å². The van der Waals surface area contributed by atoms with E-state index in [0.717, 1.165) is 19.4 Å². The van der Waals surface area contributed by atoms with Gasteiger partial charge in [-0.2, -0.15) is 0 Å². The highest BCUT2D eigenvalue weighted by molar-refractivity contribution is 5.81. The lowest BCUT2D eigenvalue weighted by atomic mass is 10.0. The van der Waals surface area contributed by atoms with Crippen LogP contribution in [0.1, 0.15) is 52.4 Å². The summed E-state index contributed by atoms with van der Waals surface area (Å²) in [6.45, 7) is 5.08. The summed E-state index contributed by atoms with van der Waals surface area (Å²) in [5.41, 5.74) is 6.17. The number of nitrogens with two attached hydrogens (primary N) is 1. The van der Waals surface area contributed by atoms with Gasteiger partial charge < -0.3 is 11.1 Å². The molecule has 0 aromatic heterocycles. The van der Waals surface area contributed by atoms with Crippen LogP contribution in [0.15, 0.2) is 0 Å². The van der Waals surface area contributed by atoms with Crippen LogP contribution in [0.5, 0.6) is 0 Å². The number of nitrogens with one attached hydrogen (secondary N) is 1. The minimum absolute atomic E-state index is 0.0271. The van der Waals surface area contributed by atoms with Gasteiger partial charge in [-0.1, -0.05) is 26.7 Å². The first-order chi connectivity index (χ1) is 7.13. The fourth-order valence-corrected chi connectivity index (χ4v) is 2.07. The van der Waals surface area contributed by atoms with Crippen molar-refractivity contribution in [2.24, 2.45) is 11.1 Å². The molecule has 0 radical (unpaired) electrons. The Bertz CT molecular complexity index is 212. The Labute approximate surface area is 92.8 Å². The van der Waals surface area contributed by atoms with E-state index in [1.807, 2.05) is 6.92 Å². The minimum Gasteiger partial charge on any atom is -0.354 e. The number of amides is 1. The number of carbonyl (C=O) groups excluding carboxylic acids is 1. The van der Waals surface area contributed by atoms with E-state index < -0.39 is 0 Å². The molecule has 1 aliphatic rings. The molecule has 88 valence electrons. The van der Waals surface area contributed by atoms with Gasteiger partial charge in [-0.25, -0.2) is 0 Å². The molecular formula is C12H24N2O. The molecule has 15 heavy (non-hydrogen) atoms. The molecule has 0 bridgehead atoms. The van der Waals surface area contributed by atoms with Crippen LogP contribution in [0, 0.1) is 5.41 Å². The maximum Gasteiger partial charge on any atom is 0.236 e. The van der Waals surface area contributed by atoms with E-state index in [4.69, 9.17) is 5.73 Å². The zero-order chi connectivity index (χ0) is 11.3. The second-order valence-electron chi connectivity index (χ2n) is 4.86. The average molecular weight is 212 g/mol. The van der Waals surface area contributed by atoms with Crippen LogP contribution < -0.4 is 11.1 Å². The van der Waals surface area contributed by atoms with Crippen LogP contribution in [-0.2, 0) is 4.79 Å². The van der Waals surface area contributed by atoms with E-state index in [1.165, 1.54) is 25.7 Å². The molecule has 0 aliphatic heterocycles. The summed E-state index contributed by atoms with van der Waals surface area (Å²) < 4.78 is 0. The molecule has 0 saturated heterocycles. The van der Waals surface area contributed by atoms with Crippen molar-refractivity contribution >= 4 is 5.91 Å². The van der Waals surface area contributed by atoms with Gasteiger partial charge >= 0.3 is 0 Å².